The summed E-state index contributed by atoms with van der Waals surface area (Å²) >= 11 is 1.79. The lowest BCUT2D eigenvalue weighted by atomic mass is 10.2. The van der Waals surface area contributed by atoms with E-state index in [1.807, 2.05) is 23.0 Å². The van der Waals surface area contributed by atoms with E-state index in [1.165, 1.54) is 6.42 Å². The van der Waals surface area contributed by atoms with Crippen molar-refractivity contribution >= 4 is 23.2 Å². The van der Waals surface area contributed by atoms with Crippen molar-refractivity contribution in [1.82, 2.24) is 14.4 Å². The van der Waals surface area contributed by atoms with Crippen LogP contribution in [0, 0.1) is 5.92 Å². The van der Waals surface area contributed by atoms with Crippen LogP contribution < -0.4 is 5.32 Å². The third kappa shape index (κ3) is 3.16. The molecule has 0 spiro atoms. The van der Waals surface area contributed by atoms with E-state index < -0.39 is 0 Å². The van der Waals surface area contributed by atoms with E-state index in [1.54, 1.807) is 11.8 Å². The summed E-state index contributed by atoms with van der Waals surface area (Å²) in [5, 5.41) is 4.27. The Kier molecular flexibility index (Phi) is 4.47. The second-order valence-electron chi connectivity index (χ2n) is 4.65. The first-order valence-electron chi connectivity index (χ1n) is 6.41. The van der Waals surface area contributed by atoms with Crippen LogP contribution in [-0.4, -0.2) is 26.7 Å². The number of anilines is 1. The summed E-state index contributed by atoms with van der Waals surface area (Å²) in [6.07, 6.45) is 6.96. The minimum absolute atomic E-state index is 0.727. The van der Waals surface area contributed by atoms with Crippen LogP contribution in [0.3, 0.4) is 0 Å². The van der Waals surface area contributed by atoms with E-state index >= 15 is 0 Å². The van der Waals surface area contributed by atoms with Crippen molar-refractivity contribution < 1.29 is 0 Å². The normalized spacial score (nSPS) is 11.3. The Hall–Kier alpha value is -1.23. The zero-order chi connectivity index (χ0) is 13.0. The molecule has 0 unspecified atom stereocenters. The van der Waals surface area contributed by atoms with Crippen LogP contribution >= 0.6 is 11.8 Å². The molecule has 4 nitrogen and oxygen atoms in total. The van der Waals surface area contributed by atoms with Crippen LogP contribution in [0.25, 0.3) is 5.65 Å². The highest BCUT2D eigenvalue weighted by atomic mass is 32.2. The largest absolute Gasteiger partial charge is 0.369 e. The Bertz CT molecular complexity index is 507. The lowest BCUT2D eigenvalue weighted by Gasteiger charge is -2.08. The maximum absolute atomic E-state index is 4.63. The van der Waals surface area contributed by atoms with Gasteiger partial charge in [0.2, 0.25) is 0 Å². The van der Waals surface area contributed by atoms with Gasteiger partial charge in [0.1, 0.15) is 10.8 Å². The van der Waals surface area contributed by atoms with Gasteiger partial charge < -0.3 is 9.72 Å². The van der Waals surface area contributed by atoms with Gasteiger partial charge in [0.15, 0.2) is 5.65 Å². The number of aromatic nitrogens is 3. The van der Waals surface area contributed by atoms with E-state index in [0.717, 1.165) is 34.7 Å². The van der Waals surface area contributed by atoms with Gasteiger partial charge in [0, 0.05) is 18.9 Å². The second-order valence-corrected chi connectivity index (χ2v) is 5.73. The number of rotatable bonds is 6. The quantitative estimate of drug-likeness (QED) is 0.813. The summed E-state index contributed by atoms with van der Waals surface area (Å²) in [5.74, 6) is 2.73. The number of imidazole rings is 1. The average molecular weight is 264 g/mol. The van der Waals surface area contributed by atoms with E-state index in [4.69, 9.17) is 0 Å². The van der Waals surface area contributed by atoms with Gasteiger partial charge in [0.05, 0.1) is 6.20 Å². The van der Waals surface area contributed by atoms with Crippen molar-refractivity contribution in [1.29, 1.82) is 0 Å². The molecule has 18 heavy (non-hydrogen) atoms. The zero-order valence-corrected chi connectivity index (χ0v) is 12.0. The number of fused-ring (bicyclic) bond motifs is 1. The summed E-state index contributed by atoms with van der Waals surface area (Å²) < 4.78 is 2.03. The third-order valence-corrected chi connectivity index (χ3v) is 3.62. The standard InChI is InChI=1S/C13H20N4S/c1-4-14-11-9-17-7-6-15-12(17)13(16-11)18-8-5-10(2)3/h6-7,9-10,14H,4-5,8H2,1-3H3. The third-order valence-electron chi connectivity index (χ3n) is 2.64. The molecule has 0 amide bonds. The lowest BCUT2D eigenvalue weighted by molar-refractivity contribution is 0.632. The van der Waals surface area contributed by atoms with Crippen LogP contribution in [0.2, 0.25) is 0 Å². The van der Waals surface area contributed by atoms with Gasteiger partial charge in [0.25, 0.3) is 0 Å². The second kappa shape index (κ2) is 6.09. The molecule has 0 fully saturated rings. The maximum Gasteiger partial charge on any atom is 0.169 e. The number of nitrogens with one attached hydrogen (secondary N) is 1. The molecule has 2 aromatic heterocycles. The molecule has 0 bridgehead atoms. The molecule has 2 heterocycles. The number of thioether (sulfide) groups is 1. The van der Waals surface area contributed by atoms with E-state index in [0.29, 0.717) is 0 Å². The fourth-order valence-corrected chi connectivity index (χ4v) is 2.89. The summed E-state index contributed by atoms with van der Waals surface area (Å²) in [6.45, 7) is 7.44. The van der Waals surface area contributed by atoms with Gasteiger partial charge in [-0.1, -0.05) is 13.8 Å². The van der Waals surface area contributed by atoms with Gasteiger partial charge in [-0.2, -0.15) is 0 Å². The average Bonchev–Trinajstić information content (AvgIpc) is 2.77. The summed E-state index contributed by atoms with van der Waals surface area (Å²) in [5.41, 5.74) is 0.949. The molecule has 0 radical (unpaired) electrons. The molecule has 0 saturated carbocycles. The Labute approximate surface area is 112 Å². The number of nitrogens with zero attached hydrogens (tertiary/aromatic N) is 3. The molecule has 0 aliphatic heterocycles. The predicted molar refractivity (Wildman–Crippen MR) is 77.3 cm³/mol. The van der Waals surface area contributed by atoms with Gasteiger partial charge in [-0.3, -0.25) is 0 Å². The molecule has 2 aromatic rings. The molecule has 0 atom stereocenters. The summed E-state index contributed by atoms with van der Waals surface area (Å²) in [6, 6.07) is 0. The molecule has 0 aromatic carbocycles. The first-order chi connectivity index (χ1) is 8.70. The van der Waals surface area contributed by atoms with Crippen molar-refractivity contribution in [3.05, 3.63) is 18.6 Å². The molecule has 2 rings (SSSR count). The van der Waals surface area contributed by atoms with E-state index in [2.05, 4.69) is 36.1 Å². The Morgan fingerprint density at radius 3 is 3.00 bits per heavy atom. The van der Waals surface area contributed by atoms with Crippen molar-refractivity contribution in [3.63, 3.8) is 0 Å². The Morgan fingerprint density at radius 2 is 2.28 bits per heavy atom. The molecule has 5 heteroatoms. The molecule has 0 saturated heterocycles. The molecular formula is C13H20N4S. The highest BCUT2D eigenvalue weighted by Gasteiger charge is 2.08. The van der Waals surface area contributed by atoms with Gasteiger partial charge in [-0.15, -0.1) is 11.8 Å². The van der Waals surface area contributed by atoms with Crippen LogP contribution in [0.5, 0.6) is 0 Å². The predicted octanol–water partition coefficient (Wildman–Crippen LogP) is 3.30. The van der Waals surface area contributed by atoms with E-state index in [9.17, 15) is 0 Å². The molecule has 0 aliphatic rings. The summed E-state index contributed by atoms with van der Waals surface area (Å²) in [7, 11) is 0. The lowest BCUT2D eigenvalue weighted by Crippen LogP contribution is -2.03. The Morgan fingerprint density at radius 1 is 1.44 bits per heavy atom. The zero-order valence-electron chi connectivity index (χ0n) is 11.2. The van der Waals surface area contributed by atoms with Gasteiger partial charge >= 0.3 is 0 Å². The van der Waals surface area contributed by atoms with Crippen molar-refractivity contribution in [3.8, 4) is 0 Å². The van der Waals surface area contributed by atoms with Crippen molar-refractivity contribution in [2.75, 3.05) is 17.6 Å². The fraction of sp³-hybridized carbons (Fsp3) is 0.538. The molecular weight excluding hydrogens is 244 g/mol. The van der Waals surface area contributed by atoms with E-state index in [-0.39, 0.29) is 0 Å². The Balaban J connectivity index is 2.20. The van der Waals surface area contributed by atoms with Crippen LogP contribution in [0.15, 0.2) is 23.6 Å². The highest BCUT2D eigenvalue weighted by Crippen LogP contribution is 2.24. The number of hydrogen-bond donors (Lipinski definition) is 1. The monoisotopic (exact) mass is 264 g/mol. The summed E-state index contributed by atoms with van der Waals surface area (Å²) in [4.78, 5) is 9.00. The smallest absolute Gasteiger partial charge is 0.169 e. The SMILES string of the molecule is CCNc1cn2ccnc2c(SCCC(C)C)n1. The van der Waals surface area contributed by atoms with Gasteiger partial charge in [-0.05, 0) is 25.0 Å². The fourth-order valence-electron chi connectivity index (χ4n) is 1.66. The molecule has 0 aliphatic carbocycles. The topological polar surface area (TPSA) is 42.2 Å². The first-order valence-corrected chi connectivity index (χ1v) is 7.39. The first kappa shape index (κ1) is 13.2. The maximum atomic E-state index is 4.63. The van der Waals surface area contributed by atoms with Crippen molar-refractivity contribution in [2.45, 2.75) is 32.2 Å². The van der Waals surface area contributed by atoms with Crippen LogP contribution in [0.4, 0.5) is 5.82 Å². The van der Waals surface area contributed by atoms with Crippen LogP contribution in [0.1, 0.15) is 27.2 Å². The minimum atomic E-state index is 0.727. The number of hydrogen-bond acceptors (Lipinski definition) is 4. The highest BCUT2D eigenvalue weighted by molar-refractivity contribution is 7.99. The molecule has 98 valence electrons. The van der Waals surface area contributed by atoms with Crippen molar-refractivity contribution in [2.24, 2.45) is 5.92 Å². The molecule has 1 N–H and O–H groups in total. The van der Waals surface area contributed by atoms with Crippen LogP contribution in [-0.2, 0) is 0 Å². The van der Waals surface area contributed by atoms with Gasteiger partial charge in [-0.25, -0.2) is 9.97 Å². The minimum Gasteiger partial charge on any atom is -0.369 e.